The Morgan fingerprint density at radius 3 is 2.48 bits per heavy atom. The average Bonchev–Trinajstić information content (AvgIpc) is 2.56. The number of nitrogens with zero attached hydrogens (tertiary/aromatic N) is 2. The van der Waals surface area contributed by atoms with Gasteiger partial charge in [0.2, 0.25) is 0 Å². The van der Waals surface area contributed by atoms with Crippen LogP contribution in [0.3, 0.4) is 0 Å². The molecule has 0 saturated carbocycles. The first-order valence-electron chi connectivity index (χ1n) is 7.73. The van der Waals surface area contributed by atoms with Crippen LogP contribution in [0.15, 0.2) is 53.7 Å². The van der Waals surface area contributed by atoms with Crippen LogP contribution < -0.4 is 5.32 Å². The van der Waals surface area contributed by atoms with Gasteiger partial charge in [-0.3, -0.25) is 4.98 Å². The molecule has 2 amide bonds. The molecule has 0 spiro atoms. The number of hydrogen-bond donors (Lipinski definition) is 1. The van der Waals surface area contributed by atoms with E-state index in [0.717, 1.165) is 16.9 Å². The Bertz CT molecular complexity index is 616. The first kappa shape index (κ1) is 17.3. The summed E-state index contributed by atoms with van der Waals surface area (Å²) >= 11 is 1.82. The Morgan fingerprint density at radius 2 is 1.87 bits per heavy atom. The van der Waals surface area contributed by atoms with E-state index in [1.54, 1.807) is 24.3 Å². The van der Waals surface area contributed by atoms with E-state index in [1.165, 1.54) is 4.90 Å². The summed E-state index contributed by atoms with van der Waals surface area (Å²) < 4.78 is 0. The number of benzene rings is 1. The highest BCUT2D eigenvalue weighted by atomic mass is 32.2. The SMILES string of the molecule is CCSc1ccc(C(C)NC(=O)N(C)Cc2ccncc2)cc1. The maximum atomic E-state index is 12.3. The van der Waals surface area contributed by atoms with Crippen LogP contribution in [0.4, 0.5) is 4.79 Å². The molecule has 0 aliphatic heterocycles. The van der Waals surface area contributed by atoms with Crippen LogP contribution in [0.1, 0.15) is 31.0 Å². The summed E-state index contributed by atoms with van der Waals surface area (Å²) in [6.07, 6.45) is 3.47. The summed E-state index contributed by atoms with van der Waals surface area (Å²) in [5.41, 5.74) is 2.17. The van der Waals surface area contributed by atoms with Crippen molar-refractivity contribution in [2.24, 2.45) is 0 Å². The molecule has 0 fully saturated rings. The zero-order valence-electron chi connectivity index (χ0n) is 13.8. The summed E-state index contributed by atoms with van der Waals surface area (Å²) in [6, 6.07) is 12.1. The maximum Gasteiger partial charge on any atom is 0.317 e. The van der Waals surface area contributed by atoms with Crippen LogP contribution in [0, 0.1) is 0 Å². The van der Waals surface area contributed by atoms with Crippen LogP contribution in [-0.2, 0) is 6.54 Å². The highest BCUT2D eigenvalue weighted by molar-refractivity contribution is 7.99. The fourth-order valence-electron chi connectivity index (χ4n) is 2.23. The lowest BCUT2D eigenvalue weighted by molar-refractivity contribution is 0.203. The zero-order chi connectivity index (χ0) is 16.7. The molecule has 1 unspecified atom stereocenters. The number of thioether (sulfide) groups is 1. The summed E-state index contributed by atoms with van der Waals surface area (Å²) in [6.45, 7) is 4.70. The maximum absolute atomic E-state index is 12.3. The number of aromatic nitrogens is 1. The third-order valence-electron chi connectivity index (χ3n) is 3.55. The summed E-state index contributed by atoms with van der Waals surface area (Å²) in [5.74, 6) is 1.06. The lowest BCUT2D eigenvalue weighted by atomic mass is 10.1. The molecular weight excluding hydrogens is 306 g/mol. The highest BCUT2D eigenvalue weighted by Gasteiger charge is 2.13. The number of rotatable bonds is 6. The molecule has 1 aromatic carbocycles. The number of hydrogen-bond acceptors (Lipinski definition) is 3. The molecule has 1 aromatic heterocycles. The number of pyridine rings is 1. The van der Waals surface area contributed by atoms with Crippen LogP contribution in [0.5, 0.6) is 0 Å². The molecule has 2 rings (SSSR count). The predicted molar refractivity (Wildman–Crippen MR) is 95.5 cm³/mol. The van der Waals surface area contributed by atoms with E-state index in [0.29, 0.717) is 6.54 Å². The van der Waals surface area contributed by atoms with Crippen molar-refractivity contribution in [3.05, 3.63) is 59.9 Å². The van der Waals surface area contributed by atoms with Gasteiger partial charge in [-0.25, -0.2) is 4.79 Å². The van der Waals surface area contributed by atoms with Crippen LogP contribution in [-0.4, -0.2) is 28.7 Å². The van der Waals surface area contributed by atoms with Gasteiger partial charge in [0.05, 0.1) is 6.04 Å². The molecule has 4 nitrogen and oxygen atoms in total. The van der Waals surface area contributed by atoms with Crippen molar-refractivity contribution in [2.75, 3.05) is 12.8 Å². The third-order valence-corrected chi connectivity index (χ3v) is 4.44. The number of carbonyl (C=O) groups excluding carboxylic acids is 1. The van der Waals surface area contributed by atoms with Crippen molar-refractivity contribution in [1.29, 1.82) is 0 Å². The van der Waals surface area contributed by atoms with Gasteiger partial charge in [0, 0.05) is 30.9 Å². The van der Waals surface area contributed by atoms with E-state index in [2.05, 4.69) is 41.5 Å². The molecule has 122 valence electrons. The monoisotopic (exact) mass is 329 g/mol. The van der Waals surface area contributed by atoms with Crippen LogP contribution in [0.2, 0.25) is 0 Å². The predicted octanol–water partition coefficient (Wildman–Crippen LogP) is 4.10. The number of amides is 2. The Labute approximate surface area is 142 Å². The van der Waals surface area contributed by atoms with E-state index >= 15 is 0 Å². The van der Waals surface area contributed by atoms with Crippen molar-refractivity contribution in [3.8, 4) is 0 Å². The molecule has 1 N–H and O–H groups in total. The molecule has 0 radical (unpaired) electrons. The lowest BCUT2D eigenvalue weighted by Crippen LogP contribution is -2.38. The largest absolute Gasteiger partial charge is 0.331 e. The van der Waals surface area contributed by atoms with Gasteiger partial charge in [-0.2, -0.15) is 0 Å². The highest BCUT2D eigenvalue weighted by Crippen LogP contribution is 2.20. The number of nitrogens with one attached hydrogen (secondary N) is 1. The van der Waals surface area contributed by atoms with Crippen molar-refractivity contribution in [3.63, 3.8) is 0 Å². The molecule has 0 aliphatic rings. The zero-order valence-corrected chi connectivity index (χ0v) is 14.6. The Balaban J connectivity index is 1.90. The van der Waals surface area contributed by atoms with Gasteiger partial charge in [0.25, 0.3) is 0 Å². The summed E-state index contributed by atoms with van der Waals surface area (Å²) in [7, 11) is 1.80. The second-order valence-electron chi connectivity index (χ2n) is 5.38. The summed E-state index contributed by atoms with van der Waals surface area (Å²) in [5, 5.41) is 3.03. The van der Waals surface area contributed by atoms with Crippen molar-refractivity contribution >= 4 is 17.8 Å². The van der Waals surface area contributed by atoms with Gasteiger partial charge in [0.1, 0.15) is 0 Å². The van der Waals surface area contributed by atoms with Gasteiger partial charge >= 0.3 is 6.03 Å². The first-order valence-corrected chi connectivity index (χ1v) is 8.72. The van der Waals surface area contributed by atoms with Crippen molar-refractivity contribution in [2.45, 2.75) is 31.3 Å². The minimum Gasteiger partial charge on any atom is -0.331 e. The second kappa shape index (κ2) is 8.58. The third kappa shape index (κ3) is 5.28. The van der Waals surface area contributed by atoms with E-state index in [1.807, 2.05) is 30.8 Å². The van der Waals surface area contributed by atoms with Gasteiger partial charge in [0.15, 0.2) is 0 Å². The second-order valence-corrected chi connectivity index (χ2v) is 6.72. The molecule has 0 bridgehead atoms. The average molecular weight is 329 g/mol. The molecule has 2 aromatic rings. The molecule has 1 heterocycles. The molecule has 0 aliphatic carbocycles. The Morgan fingerprint density at radius 1 is 1.22 bits per heavy atom. The first-order chi connectivity index (χ1) is 11.1. The molecule has 5 heteroatoms. The Kier molecular flexibility index (Phi) is 6.47. The van der Waals surface area contributed by atoms with Crippen LogP contribution >= 0.6 is 11.8 Å². The standard InChI is InChI=1S/C18H23N3OS/c1-4-23-17-7-5-16(6-8-17)14(2)20-18(22)21(3)13-15-9-11-19-12-10-15/h5-12,14H,4,13H2,1-3H3,(H,20,22). The number of carbonyl (C=O) groups is 1. The van der Waals surface area contributed by atoms with Gasteiger partial charge in [-0.15, -0.1) is 11.8 Å². The van der Waals surface area contributed by atoms with Gasteiger partial charge in [-0.1, -0.05) is 19.1 Å². The number of urea groups is 1. The molecule has 0 saturated heterocycles. The fourth-order valence-corrected chi connectivity index (χ4v) is 2.89. The van der Waals surface area contributed by atoms with E-state index in [-0.39, 0.29) is 12.1 Å². The molecule has 23 heavy (non-hydrogen) atoms. The summed E-state index contributed by atoms with van der Waals surface area (Å²) in [4.78, 5) is 19.2. The Hall–Kier alpha value is -2.01. The fraction of sp³-hybridized carbons (Fsp3) is 0.333. The van der Waals surface area contributed by atoms with E-state index < -0.39 is 0 Å². The minimum atomic E-state index is -0.0821. The minimum absolute atomic E-state index is 0.0249. The molecular formula is C18H23N3OS. The van der Waals surface area contributed by atoms with Crippen molar-refractivity contribution in [1.82, 2.24) is 15.2 Å². The van der Waals surface area contributed by atoms with Crippen molar-refractivity contribution < 1.29 is 4.79 Å². The van der Waals surface area contributed by atoms with E-state index in [4.69, 9.17) is 0 Å². The molecule has 1 atom stereocenters. The smallest absolute Gasteiger partial charge is 0.317 e. The quantitative estimate of drug-likeness (QED) is 0.812. The van der Waals surface area contributed by atoms with Gasteiger partial charge < -0.3 is 10.2 Å². The lowest BCUT2D eigenvalue weighted by Gasteiger charge is -2.22. The topological polar surface area (TPSA) is 45.2 Å². The normalized spacial score (nSPS) is 11.8. The van der Waals surface area contributed by atoms with Crippen LogP contribution in [0.25, 0.3) is 0 Å². The van der Waals surface area contributed by atoms with Gasteiger partial charge in [-0.05, 0) is 48.1 Å². The van der Waals surface area contributed by atoms with E-state index in [9.17, 15) is 4.79 Å².